The van der Waals surface area contributed by atoms with Crippen LogP contribution < -0.4 is 15.4 Å². The molecule has 2 aromatic rings. The molecule has 2 N–H and O–H groups in total. The molecule has 1 heterocycles. The first kappa shape index (κ1) is 27.5. The topological polar surface area (TPSA) is 58.8 Å². The third-order valence-electron chi connectivity index (χ3n) is 6.85. The fourth-order valence-corrected chi connectivity index (χ4v) is 4.98. The summed E-state index contributed by atoms with van der Waals surface area (Å²) in [6.07, 6.45) is 5.11. The van der Waals surface area contributed by atoms with Crippen molar-refractivity contribution in [1.29, 1.82) is 0 Å². The average molecular weight is 500 g/mol. The van der Waals surface area contributed by atoms with E-state index in [1.165, 1.54) is 12.1 Å². The summed E-state index contributed by atoms with van der Waals surface area (Å²) in [5.41, 5.74) is 8.19. The van der Waals surface area contributed by atoms with Gasteiger partial charge in [-0.25, -0.2) is 0 Å². The normalized spacial score (nSPS) is 16.7. The summed E-state index contributed by atoms with van der Waals surface area (Å²) in [5, 5.41) is 0.738. The molecule has 0 bridgehead atoms. The fourth-order valence-electron chi connectivity index (χ4n) is 4.85. The molecule has 1 fully saturated rings. The standard InChI is InChI=1S/C29H42ClN3O2/c1-22(2)12-17-33(28-13-15-32(16-14-28)19-23(3)18-26(31)20-34)27-8-10-29(11-9-27)35-21-24-4-6-25(30)7-5-24/h4-11,20,22-23,26,28H,12-19,21,31H2,1-3H3. The van der Waals surface area contributed by atoms with Crippen LogP contribution in [0, 0.1) is 11.8 Å². The second kappa shape index (κ2) is 13.9. The highest BCUT2D eigenvalue weighted by Gasteiger charge is 2.26. The van der Waals surface area contributed by atoms with Gasteiger partial charge in [0, 0.05) is 42.9 Å². The first-order valence-electron chi connectivity index (χ1n) is 13.0. The molecular weight excluding hydrogens is 458 g/mol. The zero-order chi connectivity index (χ0) is 25.2. The number of hydrogen-bond acceptors (Lipinski definition) is 5. The van der Waals surface area contributed by atoms with Crippen molar-refractivity contribution in [3.63, 3.8) is 0 Å². The Labute approximate surface area is 216 Å². The number of aldehydes is 1. The van der Waals surface area contributed by atoms with E-state index in [9.17, 15) is 4.79 Å². The summed E-state index contributed by atoms with van der Waals surface area (Å²) < 4.78 is 6.00. The van der Waals surface area contributed by atoms with E-state index in [2.05, 4.69) is 54.8 Å². The molecular formula is C29H42ClN3O2. The minimum atomic E-state index is -0.341. The Morgan fingerprint density at radius 1 is 1.09 bits per heavy atom. The van der Waals surface area contributed by atoms with E-state index >= 15 is 0 Å². The molecule has 2 atom stereocenters. The lowest BCUT2D eigenvalue weighted by Gasteiger charge is -2.41. The van der Waals surface area contributed by atoms with Crippen LogP contribution in [0.2, 0.25) is 5.02 Å². The Morgan fingerprint density at radius 2 is 1.74 bits per heavy atom. The van der Waals surface area contributed by atoms with E-state index in [4.69, 9.17) is 22.1 Å². The predicted molar refractivity (Wildman–Crippen MR) is 146 cm³/mol. The second-order valence-corrected chi connectivity index (χ2v) is 10.9. The zero-order valence-electron chi connectivity index (χ0n) is 21.5. The Kier molecular flexibility index (Phi) is 10.9. The highest BCUT2D eigenvalue weighted by Crippen LogP contribution is 2.27. The van der Waals surface area contributed by atoms with Crippen molar-refractivity contribution in [2.75, 3.05) is 31.1 Å². The first-order chi connectivity index (χ1) is 16.8. The van der Waals surface area contributed by atoms with Crippen molar-refractivity contribution in [2.24, 2.45) is 17.6 Å². The summed E-state index contributed by atoms with van der Waals surface area (Å²) in [6, 6.07) is 16.5. The Balaban J connectivity index is 1.57. The second-order valence-electron chi connectivity index (χ2n) is 10.5. The van der Waals surface area contributed by atoms with Crippen molar-refractivity contribution < 1.29 is 9.53 Å². The van der Waals surface area contributed by atoms with E-state index < -0.39 is 0 Å². The maximum absolute atomic E-state index is 10.9. The summed E-state index contributed by atoms with van der Waals surface area (Å²) in [5.74, 6) is 1.98. The van der Waals surface area contributed by atoms with Gasteiger partial charge in [0.15, 0.2) is 0 Å². The number of likely N-dealkylation sites (tertiary alicyclic amines) is 1. The number of halogens is 1. The molecule has 1 aliphatic rings. The maximum atomic E-state index is 10.9. The van der Waals surface area contributed by atoms with Crippen LogP contribution in [0.1, 0.15) is 52.0 Å². The van der Waals surface area contributed by atoms with Gasteiger partial charge in [0.05, 0.1) is 6.04 Å². The monoisotopic (exact) mass is 499 g/mol. The number of carbonyl (C=O) groups is 1. The summed E-state index contributed by atoms with van der Waals surface area (Å²) in [6.45, 7) is 11.6. The molecule has 0 aliphatic carbocycles. The van der Waals surface area contributed by atoms with Crippen LogP contribution in [0.4, 0.5) is 5.69 Å². The Morgan fingerprint density at radius 3 is 2.34 bits per heavy atom. The lowest BCUT2D eigenvalue weighted by Crippen LogP contribution is -2.46. The van der Waals surface area contributed by atoms with Crippen molar-refractivity contribution >= 4 is 23.6 Å². The van der Waals surface area contributed by atoms with Crippen LogP contribution in [-0.4, -0.2) is 49.4 Å². The van der Waals surface area contributed by atoms with Gasteiger partial charge in [-0.15, -0.1) is 0 Å². The van der Waals surface area contributed by atoms with Crippen LogP contribution in [-0.2, 0) is 11.4 Å². The molecule has 1 saturated heterocycles. The molecule has 192 valence electrons. The van der Waals surface area contributed by atoms with E-state index in [1.54, 1.807) is 0 Å². The molecule has 0 saturated carbocycles. The fraction of sp³-hybridized carbons (Fsp3) is 0.552. The molecule has 6 heteroatoms. The SMILES string of the molecule is CC(C)CCN(c1ccc(OCc2ccc(Cl)cc2)cc1)C1CCN(CC(C)CC(N)C=O)CC1. The van der Waals surface area contributed by atoms with Crippen LogP contribution in [0.15, 0.2) is 48.5 Å². The highest BCUT2D eigenvalue weighted by molar-refractivity contribution is 6.30. The number of nitrogens with two attached hydrogens (primary N) is 1. The van der Waals surface area contributed by atoms with Gasteiger partial charge in [0.25, 0.3) is 0 Å². The molecule has 2 aromatic carbocycles. The van der Waals surface area contributed by atoms with Gasteiger partial charge >= 0.3 is 0 Å². The third-order valence-corrected chi connectivity index (χ3v) is 7.10. The van der Waals surface area contributed by atoms with Crippen molar-refractivity contribution in [2.45, 2.75) is 65.1 Å². The lowest BCUT2D eigenvalue weighted by molar-refractivity contribution is -0.109. The summed E-state index contributed by atoms with van der Waals surface area (Å²) in [4.78, 5) is 16.0. The maximum Gasteiger partial charge on any atom is 0.136 e. The number of hydrogen-bond donors (Lipinski definition) is 1. The first-order valence-corrected chi connectivity index (χ1v) is 13.4. The van der Waals surface area contributed by atoms with E-state index in [1.807, 2.05) is 24.3 Å². The number of ether oxygens (including phenoxy) is 1. The number of anilines is 1. The number of carbonyl (C=O) groups excluding carboxylic acids is 1. The minimum absolute atomic E-state index is 0.341. The van der Waals surface area contributed by atoms with Crippen molar-refractivity contribution in [3.8, 4) is 5.75 Å². The zero-order valence-corrected chi connectivity index (χ0v) is 22.3. The predicted octanol–water partition coefficient (Wildman–Crippen LogP) is 5.79. The quantitative estimate of drug-likeness (QED) is 0.353. The number of benzene rings is 2. The van der Waals surface area contributed by atoms with Crippen LogP contribution in [0.25, 0.3) is 0 Å². The summed E-state index contributed by atoms with van der Waals surface area (Å²) >= 11 is 5.97. The van der Waals surface area contributed by atoms with Crippen molar-refractivity contribution in [3.05, 3.63) is 59.1 Å². The van der Waals surface area contributed by atoms with Gasteiger partial charge in [0.2, 0.25) is 0 Å². The molecule has 35 heavy (non-hydrogen) atoms. The van der Waals surface area contributed by atoms with Gasteiger partial charge in [-0.2, -0.15) is 0 Å². The van der Waals surface area contributed by atoms with Gasteiger partial charge in [0.1, 0.15) is 18.6 Å². The van der Waals surface area contributed by atoms with E-state index in [-0.39, 0.29) is 6.04 Å². The van der Waals surface area contributed by atoms with E-state index in [0.29, 0.717) is 24.5 Å². The Hall–Kier alpha value is -2.08. The molecule has 0 aromatic heterocycles. The molecule has 0 radical (unpaired) electrons. The van der Waals surface area contributed by atoms with Crippen LogP contribution in [0.3, 0.4) is 0 Å². The lowest BCUT2D eigenvalue weighted by atomic mass is 9.97. The van der Waals surface area contributed by atoms with Crippen molar-refractivity contribution in [1.82, 2.24) is 4.90 Å². The number of nitrogens with zero attached hydrogens (tertiary/aromatic N) is 2. The third kappa shape index (κ3) is 9.14. The van der Waals surface area contributed by atoms with Gasteiger partial charge in [-0.3, -0.25) is 0 Å². The smallest absolute Gasteiger partial charge is 0.136 e. The number of piperidine rings is 1. The van der Waals surface area contributed by atoms with Crippen LogP contribution >= 0.6 is 11.6 Å². The molecule has 2 unspecified atom stereocenters. The molecule has 5 nitrogen and oxygen atoms in total. The Bertz CT molecular complexity index is 880. The van der Waals surface area contributed by atoms with Gasteiger partial charge < -0.3 is 25.1 Å². The minimum Gasteiger partial charge on any atom is -0.489 e. The van der Waals surface area contributed by atoms with Gasteiger partial charge in [-0.05, 0) is 79.5 Å². The van der Waals surface area contributed by atoms with E-state index in [0.717, 1.165) is 68.1 Å². The molecule has 1 aliphatic heterocycles. The largest absolute Gasteiger partial charge is 0.489 e. The summed E-state index contributed by atoms with van der Waals surface area (Å²) in [7, 11) is 0. The molecule has 0 amide bonds. The van der Waals surface area contributed by atoms with Gasteiger partial charge in [-0.1, -0.05) is 44.5 Å². The molecule has 3 rings (SSSR count). The number of rotatable bonds is 13. The highest BCUT2D eigenvalue weighted by atomic mass is 35.5. The average Bonchev–Trinajstić information content (AvgIpc) is 2.85. The molecule has 0 spiro atoms. The van der Waals surface area contributed by atoms with Crippen LogP contribution in [0.5, 0.6) is 5.75 Å².